The fourth-order valence-corrected chi connectivity index (χ4v) is 5.33. The number of anilines is 2. The van der Waals surface area contributed by atoms with E-state index in [9.17, 15) is 10.1 Å². The average molecular weight is 471 g/mol. The molecular weight excluding hydrogens is 436 g/mol. The van der Waals surface area contributed by atoms with Crippen LogP contribution >= 0.6 is 0 Å². The Balaban J connectivity index is 1.89. The number of carbonyl (C=O) groups is 1. The minimum absolute atomic E-state index is 0.0767. The van der Waals surface area contributed by atoms with E-state index in [1.807, 2.05) is 41.3 Å². The molecule has 0 radical (unpaired) electrons. The number of ketones is 1. The second-order valence-electron chi connectivity index (χ2n) is 9.94. The first-order valence-electron chi connectivity index (χ1n) is 12.2. The van der Waals surface area contributed by atoms with Crippen LogP contribution in [-0.4, -0.2) is 26.0 Å². The van der Waals surface area contributed by atoms with Crippen molar-refractivity contribution >= 4 is 17.2 Å². The summed E-state index contributed by atoms with van der Waals surface area (Å²) >= 11 is 0. The van der Waals surface area contributed by atoms with Gasteiger partial charge in [-0.3, -0.25) is 9.69 Å². The third-order valence-corrected chi connectivity index (χ3v) is 7.07. The monoisotopic (exact) mass is 470 g/mol. The maximum Gasteiger partial charge on any atom is 0.162 e. The van der Waals surface area contributed by atoms with Gasteiger partial charge in [-0.25, -0.2) is 0 Å². The van der Waals surface area contributed by atoms with Crippen LogP contribution in [0.15, 0.2) is 71.2 Å². The number of carbonyl (C=O) groups excluding carboxylic acids is 1. The highest BCUT2D eigenvalue weighted by Crippen LogP contribution is 2.50. The van der Waals surface area contributed by atoms with Crippen molar-refractivity contribution in [1.29, 1.82) is 5.26 Å². The highest BCUT2D eigenvalue weighted by molar-refractivity contribution is 6.01. The first-order chi connectivity index (χ1) is 16.7. The lowest BCUT2D eigenvalue weighted by Gasteiger charge is -2.43. The van der Waals surface area contributed by atoms with Crippen molar-refractivity contribution in [2.75, 3.05) is 30.0 Å². The number of Topliss-reactive ketones (excluding diaryl/α,β-unsaturated/α-hetero) is 1. The molecule has 0 amide bonds. The van der Waals surface area contributed by atoms with Crippen LogP contribution in [0, 0.1) is 16.7 Å². The predicted octanol–water partition coefficient (Wildman–Crippen LogP) is 5.48. The molecule has 2 aliphatic rings. The SMILES string of the molecule is CCN(CC)c1ccc([C@@H]2C(C#N)=C(N)N(c3ccc(OC)cc3)C3=C2C(=O)CC(C)(C)C3)cc1. The van der Waals surface area contributed by atoms with Crippen LogP contribution in [0.2, 0.25) is 0 Å². The molecule has 2 N–H and O–H groups in total. The summed E-state index contributed by atoms with van der Waals surface area (Å²) in [7, 11) is 1.62. The first kappa shape index (κ1) is 24.4. The van der Waals surface area contributed by atoms with Gasteiger partial charge in [-0.1, -0.05) is 26.0 Å². The number of nitrogens with zero attached hydrogens (tertiary/aromatic N) is 3. The predicted molar refractivity (Wildman–Crippen MR) is 140 cm³/mol. The van der Waals surface area contributed by atoms with E-state index in [2.05, 4.69) is 50.8 Å². The molecule has 2 aromatic rings. The van der Waals surface area contributed by atoms with E-state index in [0.717, 1.165) is 41.5 Å². The molecule has 182 valence electrons. The second kappa shape index (κ2) is 9.50. The quantitative estimate of drug-likeness (QED) is 0.602. The Hall–Kier alpha value is -3.72. The van der Waals surface area contributed by atoms with E-state index >= 15 is 0 Å². The highest BCUT2D eigenvalue weighted by atomic mass is 16.5. The Morgan fingerprint density at radius 3 is 2.26 bits per heavy atom. The molecule has 1 heterocycles. The summed E-state index contributed by atoms with van der Waals surface area (Å²) in [6.07, 6.45) is 1.13. The molecule has 0 saturated carbocycles. The molecule has 1 aliphatic carbocycles. The normalized spacial score (nSPS) is 19.4. The van der Waals surface area contributed by atoms with Gasteiger partial charge in [-0.2, -0.15) is 5.26 Å². The molecule has 1 aliphatic heterocycles. The Bertz CT molecular complexity index is 1210. The van der Waals surface area contributed by atoms with Crippen LogP contribution in [-0.2, 0) is 4.79 Å². The molecule has 0 spiro atoms. The van der Waals surface area contributed by atoms with Gasteiger partial charge in [-0.05, 0) is 67.6 Å². The Kier molecular flexibility index (Phi) is 6.62. The number of nitrogens with two attached hydrogens (primary N) is 1. The smallest absolute Gasteiger partial charge is 0.162 e. The summed E-state index contributed by atoms with van der Waals surface area (Å²) in [5.41, 5.74) is 11.3. The van der Waals surface area contributed by atoms with Crippen molar-refractivity contribution in [1.82, 2.24) is 0 Å². The molecule has 0 saturated heterocycles. The van der Waals surface area contributed by atoms with Crippen molar-refractivity contribution in [3.63, 3.8) is 0 Å². The lowest BCUT2D eigenvalue weighted by molar-refractivity contribution is -0.118. The van der Waals surface area contributed by atoms with Crippen LogP contribution in [0.4, 0.5) is 11.4 Å². The summed E-state index contributed by atoms with van der Waals surface area (Å²) in [6.45, 7) is 10.3. The van der Waals surface area contributed by atoms with Crippen LogP contribution in [0.3, 0.4) is 0 Å². The third-order valence-electron chi connectivity index (χ3n) is 7.07. The minimum Gasteiger partial charge on any atom is -0.497 e. The number of allylic oxidation sites excluding steroid dienone is 3. The molecule has 0 fully saturated rings. The van der Waals surface area contributed by atoms with E-state index in [0.29, 0.717) is 29.8 Å². The number of benzene rings is 2. The van der Waals surface area contributed by atoms with Crippen molar-refractivity contribution < 1.29 is 9.53 Å². The van der Waals surface area contributed by atoms with Crippen LogP contribution in [0.25, 0.3) is 0 Å². The molecule has 0 aromatic heterocycles. The zero-order valence-corrected chi connectivity index (χ0v) is 21.3. The molecule has 0 bridgehead atoms. The summed E-state index contributed by atoms with van der Waals surface area (Å²) in [5, 5.41) is 10.3. The zero-order valence-electron chi connectivity index (χ0n) is 21.3. The van der Waals surface area contributed by atoms with E-state index < -0.39 is 5.92 Å². The molecule has 4 rings (SSSR count). The molecule has 1 atom stereocenters. The fourth-order valence-electron chi connectivity index (χ4n) is 5.33. The molecule has 35 heavy (non-hydrogen) atoms. The van der Waals surface area contributed by atoms with Gasteiger partial charge in [0.15, 0.2) is 5.78 Å². The van der Waals surface area contributed by atoms with Gasteiger partial charge < -0.3 is 15.4 Å². The van der Waals surface area contributed by atoms with Gasteiger partial charge in [-0.15, -0.1) is 0 Å². The van der Waals surface area contributed by atoms with Crippen LogP contribution in [0.1, 0.15) is 52.0 Å². The van der Waals surface area contributed by atoms with Gasteiger partial charge in [0.2, 0.25) is 0 Å². The first-order valence-corrected chi connectivity index (χ1v) is 12.2. The lowest BCUT2D eigenvalue weighted by Crippen LogP contribution is -2.42. The Morgan fingerprint density at radius 1 is 1.09 bits per heavy atom. The topological polar surface area (TPSA) is 82.6 Å². The number of rotatable bonds is 6. The Labute approximate surface area is 208 Å². The number of nitriles is 1. The fraction of sp³-hybridized carbons (Fsp3) is 0.379. The summed E-state index contributed by atoms with van der Waals surface area (Å²) in [6, 6.07) is 18.1. The number of ether oxygens (including phenoxy) is 1. The van der Waals surface area contributed by atoms with Crippen molar-refractivity contribution in [3.8, 4) is 11.8 Å². The van der Waals surface area contributed by atoms with Gasteiger partial charge in [0.1, 0.15) is 11.6 Å². The lowest BCUT2D eigenvalue weighted by atomic mass is 9.68. The largest absolute Gasteiger partial charge is 0.497 e. The van der Waals surface area contributed by atoms with Gasteiger partial charge in [0.05, 0.1) is 24.7 Å². The van der Waals surface area contributed by atoms with Crippen molar-refractivity contribution in [2.45, 2.75) is 46.5 Å². The standard InChI is InChI=1S/C29H34N4O2/c1-6-32(7-2)20-10-8-19(9-11-20)26-23(18-30)28(31)33(21-12-14-22(35-5)15-13-21)24-16-29(3,4)17-25(34)27(24)26/h8-15,26H,6-7,16-17,31H2,1-5H3/t26-/m1/s1. The Morgan fingerprint density at radius 2 is 1.71 bits per heavy atom. The number of hydrogen-bond acceptors (Lipinski definition) is 6. The van der Waals surface area contributed by atoms with Gasteiger partial charge in [0, 0.05) is 42.2 Å². The zero-order chi connectivity index (χ0) is 25.3. The molecule has 6 nitrogen and oxygen atoms in total. The summed E-state index contributed by atoms with van der Waals surface area (Å²) < 4.78 is 5.32. The van der Waals surface area contributed by atoms with E-state index in [1.165, 1.54) is 0 Å². The summed E-state index contributed by atoms with van der Waals surface area (Å²) in [4.78, 5) is 17.8. The molecular formula is C29H34N4O2. The van der Waals surface area contributed by atoms with E-state index in [-0.39, 0.29) is 11.2 Å². The maximum absolute atomic E-state index is 13.7. The van der Waals surface area contributed by atoms with E-state index in [4.69, 9.17) is 10.5 Å². The number of methoxy groups -OCH3 is 1. The van der Waals surface area contributed by atoms with Gasteiger partial charge >= 0.3 is 0 Å². The second-order valence-corrected chi connectivity index (χ2v) is 9.94. The molecule has 2 aromatic carbocycles. The van der Waals surface area contributed by atoms with E-state index in [1.54, 1.807) is 7.11 Å². The van der Waals surface area contributed by atoms with Crippen molar-refractivity contribution in [3.05, 3.63) is 76.8 Å². The van der Waals surface area contributed by atoms with Gasteiger partial charge in [0.25, 0.3) is 0 Å². The van der Waals surface area contributed by atoms with Crippen molar-refractivity contribution in [2.24, 2.45) is 11.1 Å². The third kappa shape index (κ3) is 4.39. The van der Waals surface area contributed by atoms with Crippen LogP contribution in [0.5, 0.6) is 5.75 Å². The minimum atomic E-state index is -0.473. The number of hydrogen-bond donors (Lipinski definition) is 1. The maximum atomic E-state index is 13.7. The van der Waals surface area contributed by atoms with Crippen LogP contribution < -0.4 is 20.3 Å². The molecule has 0 unspecified atom stereocenters. The average Bonchev–Trinajstić information content (AvgIpc) is 2.84. The summed E-state index contributed by atoms with van der Waals surface area (Å²) in [5.74, 6) is 0.709. The highest BCUT2D eigenvalue weighted by Gasteiger charge is 2.44. The molecule has 6 heteroatoms.